The molecule has 0 fully saturated rings. The summed E-state index contributed by atoms with van der Waals surface area (Å²) < 4.78 is 39.1. The first kappa shape index (κ1) is 27.8. The van der Waals surface area contributed by atoms with E-state index in [4.69, 9.17) is 9.47 Å². The third kappa shape index (κ3) is 7.86. The molecule has 0 saturated carbocycles. The topological polar surface area (TPSA) is 97.3 Å². The standard InChI is InChI=1S/C27H29N3O5S2/c1-4-17-35-24-8-6-7-21(18-24)19-28-29-27(31)20-30(22-9-11-23(12-10-22)34-5-2)37(32,33)26-15-13-25(36-3)14-16-26/h4,6-16,18-19H,1,5,17,20H2,2-3H3,(H,29,31)/b28-19-. The Labute approximate surface area is 222 Å². The predicted molar refractivity (Wildman–Crippen MR) is 148 cm³/mol. The highest BCUT2D eigenvalue weighted by molar-refractivity contribution is 7.98. The monoisotopic (exact) mass is 539 g/mol. The Morgan fingerprint density at radius 1 is 1.05 bits per heavy atom. The highest BCUT2D eigenvalue weighted by Crippen LogP contribution is 2.27. The number of hydrogen-bond donors (Lipinski definition) is 1. The Morgan fingerprint density at radius 3 is 2.43 bits per heavy atom. The molecule has 0 aliphatic heterocycles. The molecule has 0 aliphatic rings. The molecule has 3 rings (SSSR count). The Kier molecular flexibility index (Phi) is 10.2. The van der Waals surface area contributed by atoms with Gasteiger partial charge in [-0.25, -0.2) is 13.8 Å². The summed E-state index contributed by atoms with van der Waals surface area (Å²) in [5, 5.41) is 3.98. The molecular weight excluding hydrogens is 510 g/mol. The number of ether oxygens (including phenoxy) is 2. The lowest BCUT2D eigenvalue weighted by atomic mass is 10.2. The number of anilines is 1. The van der Waals surface area contributed by atoms with Crippen molar-refractivity contribution in [3.8, 4) is 11.5 Å². The second kappa shape index (κ2) is 13.5. The van der Waals surface area contributed by atoms with E-state index >= 15 is 0 Å². The number of carbonyl (C=O) groups is 1. The second-order valence-electron chi connectivity index (χ2n) is 7.58. The van der Waals surface area contributed by atoms with Crippen LogP contribution in [0, 0.1) is 0 Å². The molecule has 0 unspecified atom stereocenters. The molecule has 0 aromatic heterocycles. The van der Waals surface area contributed by atoms with Gasteiger partial charge in [0.1, 0.15) is 24.7 Å². The summed E-state index contributed by atoms with van der Waals surface area (Å²) in [4.78, 5) is 13.8. The van der Waals surface area contributed by atoms with Crippen molar-refractivity contribution >= 4 is 39.6 Å². The fourth-order valence-electron chi connectivity index (χ4n) is 3.25. The van der Waals surface area contributed by atoms with Gasteiger partial charge in [-0.1, -0.05) is 24.8 Å². The van der Waals surface area contributed by atoms with Crippen LogP contribution in [0.4, 0.5) is 5.69 Å². The highest BCUT2D eigenvalue weighted by atomic mass is 32.2. The van der Waals surface area contributed by atoms with Gasteiger partial charge in [-0.15, -0.1) is 11.8 Å². The Bertz CT molecular complexity index is 1320. The van der Waals surface area contributed by atoms with Gasteiger partial charge in [0.05, 0.1) is 23.4 Å². The smallest absolute Gasteiger partial charge is 0.264 e. The van der Waals surface area contributed by atoms with Crippen molar-refractivity contribution in [2.45, 2.75) is 16.7 Å². The van der Waals surface area contributed by atoms with E-state index in [9.17, 15) is 13.2 Å². The van der Waals surface area contributed by atoms with Crippen LogP contribution >= 0.6 is 11.8 Å². The van der Waals surface area contributed by atoms with E-state index in [-0.39, 0.29) is 4.90 Å². The zero-order valence-electron chi connectivity index (χ0n) is 20.7. The number of rotatable bonds is 13. The van der Waals surface area contributed by atoms with Crippen LogP contribution in [0.1, 0.15) is 12.5 Å². The number of sulfonamides is 1. The molecule has 0 bridgehead atoms. The minimum absolute atomic E-state index is 0.0758. The molecule has 3 aromatic rings. The summed E-state index contributed by atoms with van der Waals surface area (Å²) >= 11 is 1.51. The van der Waals surface area contributed by atoms with Gasteiger partial charge in [0, 0.05) is 4.90 Å². The minimum Gasteiger partial charge on any atom is -0.494 e. The van der Waals surface area contributed by atoms with Crippen LogP contribution in [0.5, 0.6) is 11.5 Å². The van der Waals surface area contributed by atoms with Gasteiger partial charge in [0.15, 0.2) is 0 Å². The van der Waals surface area contributed by atoms with Crippen LogP contribution < -0.4 is 19.2 Å². The first-order valence-electron chi connectivity index (χ1n) is 11.4. The third-order valence-corrected chi connectivity index (χ3v) is 7.53. The zero-order valence-corrected chi connectivity index (χ0v) is 22.3. The van der Waals surface area contributed by atoms with Gasteiger partial charge in [0.25, 0.3) is 15.9 Å². The molecule has 194 valence electrons. The molecule has 10 heteroatoms. The van der Waals surface area contributed by atoms with Crippen molar-refractivity contribution in [1.29, 1.82) is 0 Å². The van der Waals surface area contributed by atoms with Crippen molar-refractivity contribution in [3.05, 3.63) is 91.0 Å². The number of thioether (sulfide) groups is 1. The van der Waals surface area contributed by atoms with Crippen LogP contribution in [-0.4, -0.2) is 46.6 Å². The Hall–Kier alpha value is -3.76. The summed E-state index contributed by atoms with van der Waals surface area (Å²) in [6.45, 7) is 5.85. The fraction of sp³-hybridized carbons (Fsp3) is 0.185. The lowest BCUT2D eigenvalue weighted by Gasteiger charge is -2.24. The molecule has 37 heavy (non-hydrogen) atoms. The van der Waals surface area contributed by atoms with Crippen molar-refractivity contribution in [2.75, 3.05) is 30.3 Å². The molecule has 0 aliphatic carbocycles. The van der Waals surface area contributed by atoms with Crippen molar-refractivity contribution in [3.63, 3.8) is 0 Å². The van der Waals surface area contributed by atoms with Crippen molar-refractivity contribution in [1.82, 2.24) is 5.43 Å². The number of hydrazone groups is 1. The summed E-state index contributed by atoms with van der Waals surface area (Å²) in [7, 11) is -4.05. The first-order chi connectivity index (χ1) is 17.9. The summed E-state index contributed by atoms with van der Waals surface area (Å²) in [5.74, 6) is 0.630. The molecule has 0 spiro atoms. The van der Waals surface area contributed by atoms with Crippen LogP contribution in [-0.2, 0) is 14.8 Å². The zero-order chi connectivity index (χ0) is 26.7. The second-order valence-corrected chi connectivity index (χ2v) is 10.3. The lowest BCUT2D eigenvalue weighted by molar-refractivity contribution is -0.119. The van der Waals surface area contributed by atoms with Crippen LogP contribution in [0.25, 0.3) is 0 Å². The highest BCUT2D eigenvalue weighted by Gasteiger charge is 2.27. The summed E-state index contributed by atoms with van der Waals surface area (Å²) in [6, 6.07) is 20.2. The largest absolute Gasteiger partial charge is 0.494 e. The summed E-state index contributed by atoms with van der Waals surface area (Å²) in [6.07, 6.45) is 5.00. The van der Waals surface area contributed by atoms with E-state index < -0.39 is 22.5 Å². The van der Waals surface area contributed by atoms with E-state index in [1.807, 2.05) is 13.2 Å². The minimum atomic E-state index is -4.05. The number of nitrogens with one attached hydrogen (secondary N) is 1. The average molecular weight is 540 g/mol. The number of carbonyl (C=O) groups excluding carboxylic acids is 1. The molecular formula is C27H29N3O5S2. The molecule has 0 saturated heterocycles. The maximum absolute atomic E-state index is 13.5. The molecule has 0 heterocycles. The van der Waals surface area contributed by atoms with E-state index in [0.717, 1.165) is 9.20 Å². The molecule has 0 atom stereocenters. The molecule has 8 nitrogen and oxygen atoms in total. The van der Waals surface area contributed by atoms with E-state index in [1.165, 1.54) is 30.1 Å². The number of amides is 1. The molecule has 1 N–H and O–H groups in total. The predicted octanol–water partition coefficient (Wildman–Crippen LogP) is 4.72. The molecule has 3 aromatic carbocycles. The van der Waals surface area contributed by atoms with Gasteiger partial charge in [0.2, 0.25) is 0 Å². The number of benzene rings is 3. The number of nitrogens with zero attached hydrogens (tertiary/aromatic N) is 2. The molecule has 0 radical (unpaired) electrons. The van der Waals surface area contributed by atoms with Gasteiger partial charge in [-0.3, -0.25) is 9.10 Å². The maximum atomic E-state index is 13.5. The lowest BCUT2D eigenvalue weighted by Crippen LogP contribution is -2.39. The van der Waals surface area contributed by atoms with E-state index in [2.05, 4.69) is 17.1 Å². The average Bonchev–Trinajstić information content (AvgIpc) is 2.91. The Balaban J connectivity index is 1.80. The van der Waals surface area contributed by atoms with Gasteiger partial charge in [-0.2, -0.15) is 5.10 Å². The Morgan fingerprint density at radius 2 is 1.78 bits per heavy atom. The SMILES string of the molecule is C=CCOc1cccc(/C=N\NC(=O)CN(c2ccc(OCC)cc2)S(=O)(=O)c2ccc(SC)cc2)c1. The van der Waals surface area contributed by atoms with Crippen molar-refractivity contribution < 1.29 is 22.7 Å². The first-order valence-corrected chi connectivity index (χ1v) is 14.1. The summed E-state index contributed by atoms with van der Waals surface area (Å²) in [5.41, 5.74) is 3.43. The number of hydrogen-bond acceptors (Lipinski definition) is 7. The normalized spacial score (nSPS) is 11.2. The van der Waals surface area contributed by atoms with Crippen LogP contribution in [0.15, 0.2) is 100 Å². The maximum Gasteiger partial charge on any atom is 0.264 e. The quantitative estimate of drug-likeness (QED) is 0.146. The third-order valence-electron chi connectivity index (χ3n) is 5.00. The van der Waals surface area contributed by atoms with Crippen LogP contribution in [0.3, 0.4) is 0 Å². The van der Waals surface area contributed by atoms with E-state index in [0.29, 0.717) is 36.0 Å². The fourth-order valence-corrected chi connectivity index (χ4v) is 5.08. The van der Waals surface area contributed by atoms with Crippen molar-refractivity contribution in [2.24, 2.45) is 5.10 Å². The van der Waals surface area contributed by atoms with Gasteiger partial charge < -0.3 is 9.47 Å². The van der Waals surface area contributed by atoms with Crippen LogP contribution in [0.2, 0.25) is 0 Å². The van der Waals surface area contributed by atoms with Gasteiger partial charge >= 0.3 is 0 Å². The van der Waals surface area contributed by atoms with E-state index in [1.54, 1.807) is 66.7 Å². The van der Waals surface area contributed by atoms with Gasteiger partial charge in [-0.05, 0) is 79.4 Å². The molecule has 1 amide bonds.